The molecule has 156 valence electrons. The number of hydrogen-bond acceptors (Lipinski definition) is 7. The average Bonchev–Trinajstić information content (AvgIpc) is 3.35. The van der Waals surface area contributed by atoms with Crippen LogP contribution in [0.25, 0.3) is 10.9 Å². The lowest BCUT2D eigenvalue weighted by atomic mass is 9.81. The molecule has 2 aliphatic carbocycles. The molecule has 1 aromatic heterocycles. The van der Waals surface area contributed by atoms with E-state index >= 15 is 0 Å². The fourth-order valence-electron chi connectivity index (χ4n) is 5.15. The van der Waals surface area contributed by atoms with Gasteiger partial charge in [-0.1, -0.05) is 30.3 Å². The van der Waals surface area contributed by atoms with E-state index in [0.717, 1.165) is 6.42 Å². The topological polar surface area (TPSA) is 106 Å². The second-order valence-corrected chi connectivity index (χ2v) is 8.35. The molecule has 31 heavy (non-hydrogen) atoms. The van der Waals surface area contributed by atoms with E-state index in [1.165, 1.54) is 0 Å². The third-order valence-corrected chi connectivity index (χ3v) is 6.64. The fourth-order valence-corrected chi connectivity index (χ4v) is 5.15. The molecule has 2 bridgehead atoms. The van der Waals surface area contributed by atoms with Crippen molar-refractivity contribution >= 4 is 22.5 Å². The highest BCUT2D eigenvalue weighted by molar-refractivity contribution is 6.33. The summed E-state index contributed by atoms with van der Waals surface area (Å²) in [5.41, 5.74) is 0.990. The summed E-state index contributed by atoms with van der Waals surface area (Å²) in [5.74, 6) is -0.860. The van der Waals surface area contributed by atoms with Crippen molar-refractivity contribution in [2.24, 2.45) is 5.92 Å². The minimum atomic E-state index is -0.440. The first-order valence-corrected chi connectivity index (χ1v) is 10.3. The average molecular weight is 417 g/mol. The maximum absolute atomic E-state index is 13.2. The van der Waals surface area contributed by atoms with Crippen molar-refractivity contribution in [3.05, 3.63) is 64.8 Å². The number of ether oxygens (including phenoxy) is 2. The molecular weight excluding hydrogens is 398 g/mol. The van der Waals surface area contributed by atoms with Crippen molar-refractivity contribution in [2.75, 3.05) is 6.61 Å². The van der Waals surface area contributed by atoms with E-state index in [1.54, 1.807) is 42.6 Å². The molecule has 1 saturated heterocycles. The molecule has 1 saturated carbocycles. The monoisotopic (exact) mass is 417 g/mol. The number of pyridine rings is 1. The van der Waals surface area contributed by atoms with Gasteiger partial charge in [-0.25, -0.2) is 0 Å². The third kappa shape index (κ3) is 2.57. The SMILES string of the molecule is O=C1c2ccccc2C(=O)c2c1c(O)c(OCC1OC3CC1CC3O)c1ncccc21. The van der Waals surface area contributed by atoms with Crippen LogP contribution in [0.4, 0.5) is 0 Å². The van der Waals surface area contributed by atoms with Crippen molar-refractivity contribution in [3.63, 3.8) is 0 Å². The van der Waals surface area contributed by atoms with Crippen LogP contribution in [0.2, 0.25) is 0 Å². The van der Waals surface area contributed by atoms with Gasteiger partial charge < -0.3 is 19.7 Å². The molecule has 4 unspecified atom stereocenters. The highest BCUT2D eigenvalue weighted by atomic mass is 16.6. The second-order valence-electron chi connectivity index (χ2n) is 8.35. The molecule has 0 spiro atoms. The molecule has 0 radical (unpaired) electrons. The van der Waals surface area contributed by atoms with Crippen LogP contribution in [0.15, 0.2) is 42.6 Å². The maximum Gasteiger partial charge on any atom is 0.198 e. The first-order chi connectivity index (χ1) is 15.0. The number of nitrogens with zero attached hydrogens (tertiary/aromatic N) is 1. The molecule has 7 nitrogen and oxygen atoms in total. The summed E-state index contributed by atoms with van der Waals surface area (Å²) >= 11 is 0. The van der Waals surface area contributed by atoms with E-state index in [4.69, 9.17) is 9.47 Å². The van der Waals surface area contributed by atoms with Crippen LogP contribution in [-0.2, 0) is 4.74 Å². The number of aromatic hydroxyl groups is 1. The first kappa shape index (κ1) is 18.5. The summed E-state index contributed by atoms with van der Waals surface area (Å²) in [6, 6.07) is 9.98. The number of phenolic OH excluding ortho intramolecular Hbond substituents is 1. The van der Waals surface area contributed by atoms with Crippen LogP contribution in [-0.4, -0.2) is 51.7 Å². The van der Waals surface area contributed by atoms with Crippen molar-refractivity contribution in [1.29, 1.82) is 0 Å². The van der Waals surface area contributed by atoms with Gasteiger partial charge in [-0.05, 0) is 24.8 Å². The Kier molecular flexibility index (Phi) is 3.94. The molecule has 3 aromatic rings. The van der Waals surface area contributed by atoms with Crippen molar-refractivity contribution in [1.82, 2.24) is 4.98 Å². The Morgan fingerprint density at radius 3 is 2.45 bits per heavy atom. The molecule has 0 amide bonds. The number of phenols is 1. The van der Waals surface area contributed by atoms with E-state index in [2.05, 4.69) is 4.98 Å². The fraction of sp³-hybridized carbons (Fsp3) is 0.292. The number of carbonyl (C=O) groups excluding carboxylic acids is 2. The molecule has 4 atom stereocenters. The smallest absolute Gasteiger partial charge is 0.198 e. The number of aromatic nitrogens is 1. The number of hydrogen-bond donors (Lipinski definition) is 2. The second kappa shape index (κ2) is 6.60. The zero-order valence-electron chi connectivity index (χ0n) is 16.4. The number of aliphatic hydroxyl groups is 1. The number of carbonyl (C=O) groups is 2. The molecule has 2 N–H and O–H groups in total. The summed E-state index contributed by atoms with van der Waals surface area (Å²) in [6.45, 7) is 0.157. The van der Waals surface area contributed by atoms with Crippen LogP contribution in [0, 0.1) is 5.92 Å². The maximum atomic E-state index is 13.2. The highest BCUT2D eigenvalue weighted by Crippen LogP contribution is 2.45. The number of rotatable bonds is 3. The predicted molar refractivity (Wildman–Crippen MR) is 110 cm³/mol. The van der Waals surface area contributed by atoms with Crippen LogP contribution in [0.3, 0.4) is 0 Å². The lowest BCUT2D eigenvalue weighted by Gasteiger charge is -2.26. The van der Waals surface area contributed by atoms with Crippen LogP contribution >= 0.6 is 0 Å². The van der Waals surface area contributed by atoms with Gasteiger partial charge in [-0.2, -0.15) is 0 Å². The lowest BCUT2D eigenvalue weighted by Crippen LogP contribution is -2.34. The van der Waals surface area contributed by atoms with Gasteiger partial charge in [0.1, 0.15) is 12.1 Å². The van der Waals surface area contributed by atoms with Crippen LogP contribution < -0.4 is 4.74 Å². The zero-order valence-corrected chi connectivity index (χ0v) is 16.4. The number of ketones is 2. The number of aliphatic hydroxyl groups excluding tert-OH is 1. The molecule has 7 heteroatoms. The number of fused-ring (bicyclic) bond motifs is 6. The van der Waals surface area contributed by atoms with Gasteiger partial charge in [0, 0.05) is 28.3 Å². The van der Waals surface area contributed by atoms with Crippen molar-refractivity contribution in [3.8, 4) is 11.5 Å². The Morgan fingerprint density at radius 1 is 1.03 bits per heavy atom. The third-order valence-electron chi connectivity index (χ3n) is 6.64. The summed E-state index contributed by atoms with van der Waals surface area (Å²) in [7, 11) is 0. The van der Waals surface area contributed by atoms with Gasteiger partial charge >= 0.3 is 0 Å². The Balaban J connectivity index is 1.46. The summed E-state index contributed by atoms with van der Waals surface area (Å²) < 4.78 is 11.8. The molecule has 2 aromatic carbocycles. The first-order valence-electron chi connectivity index (χ1n) is 10.3. The molecular formula is C24H19NO6. The Bertz CT molecular complexity index is 1270. The van der Waals surface area contributed by atoms with Crippen molar-refractivity contribution in [2.45, 2.75) is 31.2 Å². The van der Waals surface area contributed by atoms with Gasteiger partial charge in [0.05, 0.1) is 23.9 Å². The van der Waals surface area contributed by atoms with Gasteiger partial charge in [0.25, 0.3) is 0 Å². The standard InChI is InChI=1S/C24H19NO6/c26-15-8-11-9-16(15)31-17(11)10-30-24-20-14(6-3-7-25-20)18-19(23(24)29)22(28)13-5-2-1-4-12(13)21(18)27/h1-7,11,15-17,26,29H,8-10H2. The Morgan fingerprint density at radius 2 is 1.77 bits per heavy atom. The normalized spacial score (nSPS) is 26.2. The van der Waals surface area contributed by atoms with E-state index < -0.39 is 11.9 Å². The quantitative estimate of drug-likeness (QED) is 0.528. The van der Waals surface area contributed by atoms with Crippen LogP contribution in [0.1, 0.15) is 44.7 Å². The van der Waals surface area contributed by atoms with Gasteiger partial charge in [0.15, 0.2) is 23.1 Å². The molecule has 6 rings (SSSR count). The summed E-state index contributed by atoms with van der Waals surface area (Å²) in [4.78, 5) is 30.8. The van der Waals surface area contributed by atoms with E-state index in [9.17, 15) is 19.8 Å². The van der Waals surface area contributed by atoms with E-state index in [1.807, 2.05) is 0 Å². The predicted octanol–water partition coefficient (Wildman–Crippen LogP) is 2.63. The summed E-state index contributed by atoms with van der Waals surface area (Å²) in [6.07, 6.45) is 2.17. The van der Waals surface area contributed by atoms with Gasteiger partial charge in [-0.15, -0.1) is 0 Å². The van der Waals surface area contributed by atoms with E-state index in [0.29, 0.717) is 22.9 Å². The van der Waals surface area contributed by atoms with Gasteiger partial charge in [0.2, 0.25) is 0 Å². The number of benzene rings is 2. The molecule has 2 heterocycles. The van der Waals surface area contributed by atoms with Crippen LogP contribution in [0.5, 0.6) is 11.5 Å². The minimum Gasteiger partial charge on any atom is -0.504 e. The Hall–Kier alpha value is -3.29. The zero-order chi connectivity index (χ0) is 21.3. The van der Waals surface area contributed by atoms with Crippen molar-refractivity contribution < 1.29 is 29.3 Å². The highest BCUT2D eigenvalue weighted by Gasteiger charge is 2.47. The Labute approximate surface area is 177 Å². The largest absolute Gasteiger partial charge is 0.504 e. The molecule has 1 aliphatic heterocycles. The van der Waals surface area contributed by atoms with Gasteiger partial charge in [-0.3, -0.25) is 14.6 Å². The summed E-state index contributed by atoms with van der Waals surface area (Å²) in [5, 5.41) is 21.4. The lowest BCUT2D eigenvalue weighted by molar-refractivity contribution is -0.0811. The molecule has 2 fully saturated rings. The van der Waals surface area contributed by atoms with E-state index in [-0.39, 0.29) is 58.7 Å². The molecule has 3 aliphatic rings. The minimum absolute atomic E-state index is 0.0523.